The summed E-state index contributed by atoms with van der Waals surface area (Å²) in [5, 5.41) is 0. The summed E-state index contributed by atoms with van der Waals surface area (Å²) in [6.07, 6.45) is 2.91. The third-order valence-corrected chi connectivity index (χ3v) is 3.69. The van der Waals surface area contributed by atoms with Gasteiger partial charge in [0, 0.05) is 18.9 Å². The van der Waals surface area contributed by atoms with Crippen LogP contribution in [0.25, 0.3) is 0 Å². The Morgan fingerprint density at radius 3 is 2.29 bits per heavy atom. The van der Waals surface area contributed by atoms with Crippen LogP contribution in [-0.2, 0) is 16.6 Å². The summed E-state index contributed by atoms with van der Waals surface area (Å²) in [4.78, 5) is 4.01. The zero-order valence-electron chi connectivity index (χ0n) is 9.08. The molecule has 4 nitrogen and oxygen atoms in total. The maximum absolute atomic E-state index is 11.9. The van der Waals surface area contributed by atoms with E-state index in [2.05, 4.69) is 9.71 Å². The molecule has 2 rings (SSSR count). The summed E-state index contributed by atoms with van der Waals surface area (Å²) < 4.78 is 26.3. The van der Waals surface area contributed by atoms with E-state index in [1.807, 2.05) is 30.3 Å². The predicted molar refractivity (Wildman–Crippen MR) is 64.7 cm³/mol. The third kappa shape index (κ3) is 3.12. The Morgan fingerprint density at radius 2 is 1.65 bits per heavy atom. The topological polar surface area (TPSA) is 59.1 Å². The van der Waals surface area contributed by atoms with Crippen molar-refractivity contribution in [1.29, 1.82) is 0 Å². The molecule has 0 aliphatic carbocycles. The van der Waals surface area contributed by atoms with Gasteiger partial charge in [0.2, 0.25) is 10.0 Å². The van der Waals surface area contributed by atoms with Gasteiger partial charge in [-0.15, -0.1) is 0 Å². The normalized spacial score (nSPS) is 11.3. The molecule has 0 radical (unpaired) electrons. The number of rotatable bonds is 4. The van der Waals surface area contributed by atoms with Crippen LogP contribution in [0.4, 0.5) is 0 Å². The largest absolute Gasteiger partial charge is 0.265 e. The minimum Gasteiger partial charge on any atom is -0.265 e. The van der Waals surface area contributed by atoms with E-state index in [1.54, 1.807) is 0 Å². The number of nitrogens with zero attached hydrogens (tertiary/aromatic N) is 1. The summed E-state index contributed by atoms with van der Waals surface area (Å²) in [6.45, 7) is 0.283. The predicted octanol–water partition coefficient (Wildman–Crippen LogP) is 1.56. The average Bonchev–Trinajstić information content (AvgIpc) is 2.39. The Bertz CT molecular complexity index is 568. The van der Waals surface area contributed by atoms with Gasteiger partial charge >= 0.3 is 0 Å². The van der Waals surface area contributed by atoms with E-state index in [9.17, 15) is 8.42 Å². The van der Waals surface area contributed by atoms with E-state index in [-0.39, 0.29) is 11.4 Å². The van der Waals surface area contributed by atoms with Crippen LogP contribution in [0.15, 0.2) is 59.8 Å². The summed E-state index contributed by atoms with van der Waals surface area (Å²) in [5.41, 5.74) is 0.921. The van der Waals surface area contributed by atoms with Gasteiger partial charge in [-0.2, -0.15) is 0 Å². The first-order valence-electron chi connectivity index (χ1n) is 5.12. The van der Waals surface area contributed by atoms with Crippen molar-refractivity contribution >= 4 is 10.0 Å². The van der Waals surface area contributed by atoms with E-state index in [0.717, 1.165) is 5.56 Å². The molecule has 0 spiro atoms. The number of benzene rings is 1. The third-order valence-electron chi connectivity index (χ3n) is 2.27. The molecule has 17 heavy (non-hydrogen) atoms. The summed E-state index contributed by atoms with van der Waals surface area (Å²) in [6, 6.07) is 12.3. The lowest BCUT2D eigenvalue weighted by Crippen LogP contribution is -2.23. The minimum atomic E-state index is -3.45. The fourth-order valence-corrected chi connectivity index (χ4v) is 2.38. The molecule has 1 aromatic heterocycles. The molecule has 0 atom stereocenters. The van der Waals surface area contributed by atoms with Gasteiger partial charge in [-0.25, -0.2) is 13.1 Å². The number of nitrogens with one attached hydrogen (secondary N) is 1. The molecule has 0 aliphatic heterocycles. The fraction of sp³-hybridized carbons (Fsp3) is 0.0833. The van der Waals surface area contributed by atoms with Crippen LogP contribution in [0.1, 0.15) is 5.56 Å². The van der Waals surface area contributed by atoms with Crippen molar-refractivity contribution in [1.82, 2.24) is 9.71 Å². The van der Waals surface area contributed by atoms with Gasteiger partial charge in [0.15, 0.2) is 0 Å². The zero-order chi connectivity index (χ0) is 12.1. The second-order valence-electron chi connectivity index (χ2n) is 3.49. The van der Waals surface area contributed by atoms with Crippen LogP contribution >= 0.6 is 0 Å². The fourth-order valence-electron chi connectivity index (χ4n) is 1.37. The van der Waals surface area contributed by atoms with Gasteiger partial charge < -0.3 is 0 Å². The molecule has 1 N–H and O–H groups in total. The molecular formula is C12H12N2O2S. The van der Waals surface area contributed by atoms with Crippen molar-refractivity contribution in [2.24, 2.45) is 0 Å². The molecule has 1 aromatic carbocycles. The molecule has 0 fully saturated rings. The Kier molecular flexibility index (Phi) is 3.51. The van der Waals surface area contributed by atoms with Gasteiger partial charge in [-0.1, -0.05) is 30.3 Å². The molecule has 0 aliphatic rings. The molecule has 0 saturated heterocycles. The highest BCUT2D eigenvalue weighted by atomic mass is 32.2. The maximum atomic E-state index is 11.9. The van der Waals surface area contributed by atoms with Crippen molar-refractivity contribution in [3.05, 3.63) is 60.4 Å². The maximum Gasteiger partial charge on any atom is 0.240 e. The quantitative estimate of drug-likeness (QED) is 0.893. The molecule has 2 aromatic rings. The van der Waals surface area contributed by atoms with Gasteiger partial charge in [0.1, 0.15) is 0 Å². The lowest BCUT2D eigenvalue weighted by Gasteiger charge is -2.06. The van der Waals surface area contributed by atoms with E-state index in [0.29, 0.717) is 0 Å². The Balaban J connectivity index is 2.09. The molecule has 0 bridgehead atoms. The Morgan fingerprint density at radius 1 is 1.00 bits per heavy atom. The zero-order valence-corrected chi connectivity index (χ0v) is 9.89. The minimum absolute atomic E-state index is 0.225. The van der Waals surface area contributed by atoms with Crippen molar-refractivity contribution in [2.45, 2.75) is 11.4 Å². The lowest BCUT2D eigenvalue weighted by atomic mass is 10.2. The molecule has 0 saturated carbocycles. The van der Waals surface area contributed by atoms with Crippen LogP contribution < -0.4 is 4.72 Å². The molecule has 0 amide bonds. The van der Waals surface area contributed by atoms with Crippen molar-refractivity contribution in [3.63, 3.8) is 0 Å². The highest BCUT2D eigenvalue weighted by Crippen LogP contribution is 2.07. The number of pyridine rings is 1. The molecule has 1 heterocycles. The number of hydrogen-bond acceptors (Lipinski definition) is 3. The standard InChI is InChI=1S/C12H12N2O2S/c15-17(16,12-6-8-13-9-7-12)14-10-11-4-2-1-3-5-11/h1-9,14H,10H2. The van der Waals surface area contributed by atoms with Crippen molar-refractivity contribution in [3.8, 4) is 0 Å². The van der Waals surface area contributed by atoms with Crippen LogP contribution in [-0.4, -0.2) is 13.4 Å². The van der Waals surface area contributed by atoms with Crippen LogP contribution in [0.2, 0.25) is 0 Å². The Labute approximate surface area is 100 Å². The van der Waals surface area contributed by atoms with Crippen LogP contribution in [0, 0.1) is 0 Å². The van der Waals surface area contributed by atoms with Crippen molar-refractivity contribution < 1.29 is 8.42 Å². The number of hydrogen-bond donors (Lipinski definition) is 1. The first-order valence-corrected chi connectivity index (χ1v) is 6.60. The van der Waals surface area contributed by atoms with Gasteiger partial charge in [0.25, 0.3) is 0 Å². The number of aromatic nitrogens is 1. The molecule has 88 valence electrons. The lowest BCUT2D eigenvalue weighted by molar-refractivity contribution is 0.581. The van der Waals surface area contributed by atoms with E-state index < -0.39 is 10.0 Å². The second kappa shape index (κ2) is 5.07. The summed E-state index contributed by atoms with van der Waals surface area (Å²) >= 11 is 0. The second-order valence-corrected chi connectivity index (χ2v) is 5.26. The summed E-state index contributed by atoms with van der Waals surface area (Å²) in [5.74, 6) is 0. The van der Waals surface area contributed by atoms with Crippen LogP contribution in [0.5, 0.6) is 0 Å². The highest BCUT2D eigenvalue weighted by Gasteiger charge is 2.12. The van der Waals surface area contributed by atoms with E-state index in [4.69, 9.17) is 0 Å². The van der Waals surface area contributed by atoms with Gasteiger partial charge in [-0.3, -0.25) is 4.98 Å². The SMILES string of the molecule is O=S(=O)(NCc1ccccc1)c1ccncc1. The molecule has 0 unspecified atom stereocenters. The van der Waals surface area contributed by atoms with E-state index >= 15 is 0 Å². The smallest absolute Gasteiger partial charge is 0.240 e. The van der Waals surface area contributed by atoms with Crippen LogP contribution in [0.3, 0.4) is 0 Å². The van der Waals surface area contributed by atoms with E-state index in [1.165, 1.54) is 24.5 Å². The Hall–Kier alpha value is -1.72. The van der Waals surface area contributed by atoms with Crippen molar-refractivity contribution in [2.75, 3.05) is 0 Å². The van der Waals surface area contributed by atoms with Gasteiger partial charge in [0.05, 0.1) is 4.90 Å². The molecule has 5 heteroatoms. The van der Waals surface area contributed by atoms with Gasteiger partial charge in [-0.05, 0) is 17.7 Å². The highest BCUT2D eigenvalue weighted by molar-refractivity contribution is 7.89. The average molecular weight is 248 g/mol. The first-order chi connectivity index (χ1) is 8.18. The first kappa shape index (κ1) is 11.8. The molecular weight excluding hydrogens is 236 g/mol. The number of sulfonamides is 1. The monoisotopic (exact) mass is 248 g/mol. The summed E-state index contributed by atoms with van der Waals surface area (Å²) in [7, 11) is -3.45.